The molecule has 0 saturated carbocycles. The topological polar surface area (TPSA) is 75.7 Å². The summed E-state index contributed by atoms with van der Waals surface area (Å²) in [5, 5.41) is 2.78. The minimum Gasteiger partial charge on any atom is -0.457 e. The lowest BCUT2D eigenvalue weighted by Gasteiger charge is -2.25. The van der Waals surface area contributed by atoms with Gasteiger partial charge in [0.1, 0.15) is 11.5 Å². The average molecular weight is 391 g/mol. The third kappa shape index (κ3) is 6.69. The Labute approximate surface area is 161 Å². The number of anilines is 1. The van der Waals surface area contributed by atoms with E-state index < -0.39 is 10.0 Å². The normalized spacial score (nSPS) is 12.6. The molecule has 2 rings (SSSR count). The molecule has 146 valence electrons. The third-order valence-electron chi connectivity index (χ3n) is 4.18. The number of para-hydroxylation sites is 1. The maximum absolute atomic E-state index is 12.2. The second-order valence-corrected chi connectivity index (χ2v) is 8.30. The zero-order chi connectivity index (χ0) is 19.9. The molecule has 2 aromatic carbocycles. The van der Waals surface area contributed by atoms with Crippen LogP contribution in [0.25, 0.3) is 0 Å². The first-order valence-electron chi connectivity index (χ1n) is 8.89. The zero-order valence-corrected chi connectivity index (χ0v) is 16.7. The lowest BCUT2D eigenvalue weighted by atomic mass is 10.2. The molecule has 2 aromatic rings. The number of carbonyl (C=O) groups excluding carboxylic acids is 1. The van der Waals surface area contributed by atoms with Crippen molar-refractivity contribution in [2.45, 2.75) is 32.7 Å². The Kier molecular flexibility index (Phi) is 7.38. The van der Waals surface area contributed by atoms with Gasteiger partial charge in [0.25, 0.3) is 0 Å². The monoisotopic (exact) mass is 390 g/mol. The predicted octanol–water partition coefficient (Wildman–Crippen LogP) is 3.87. The quantitative estimate of drug-likeness (QED) is 0.705. The molecule has 1 N–H and O–H groups in total. The van der Waals surface area contributed by atoms with Gasteiger partial charge in [0.05, 0.1) is 6.26 Å². The first-order chi connectivity index (χ1) is 12.8. The summed E-state index contributed by atoms with van der Waals surface area (Å²) >= 11 is 0. The highest BCUT2D eigenvalue weighted by atomic mass is 32.2. The summed E-state index contributed by atoms with van der Waals surface area (Å²) < 4.78 is 30.8. The van der Waals surface area contributed by atoms with Crippen molar-refractivity contribution in [3.8, 4) is 11.5 Å². The number of sulfonamides is 1. The maximum Gasteiger partial charge on any atom is 0.225 e. The van der Waals surface area contributed by atoms with E-state index in [0.717, 1.165) is 5.75 Å². The standard InChI is InChI=1S/C20H26N2O4S/c1-4-16(2)22(27(3,24)25)15-14-20(23)21-17-10-12-19(13-11-17)26-18-8-6-5-7-9-18/h5-13,16H,4,14-15H2,1-3H3,(H,21,23). The molecular formula is C20H26N2O4S. The van der Waals surface area contributed by atoms with Crippen LogP contribution in [0.15, 0.2) is 54.6 Å². The molecule has 27 heavy (non-hydrogen) atoms. The Morgan fingerprint density at radius 3 is 2.22 bits per heavy atom. The fraction of sp³-hybridized carbons (Fsp3) is 0.350. The summed E-state index contributed by atoms with van der Waals surface area (Å²) in [6.07, 6.45) is 1.96. The number of hydrogen-bond donors (Lipinski definition) is 1. The van der Waals surface area contributed by atoms with Gasteiger partial charge in [-0.3, -0.25) is 4.79 Å². The van der Waals surface area contributed by atoms with Crippen molar-refractivity contribution in [2.24, 2.45) is 0 Å². The van der Waals surface area contributed by atoms with Crippen LogP contribution in [-0.2, 0) is 14.8 Å². The minimum atomic E-state index is -3.34. The highest BCUT2D eigenvalue weighted by Crippen LogP contribution is 2.22. The SMILES string of the molecule is CCC(C)N(CCC(=O)Nc1ccc(Oc2ccccc2)cc1)S(C)(=O)=O. The Hall–Kier alpha value is -2.38. The van der Waals surface area contributed by atoms with Crippen LogP contribution in [0.3, 0.4) is 0 Å². The van der Waals surface area contributed by atoms with E-state index >= 15 is 0 Å². The average Bonchev–Trinajstić information content (AvgIpc) is 2.63. The summed E-state index contributed by atoms with van der Waals surface area (Å²) in [7, 11) is -3.34. The van der Waals surface area contributed by atoms with Crippen LogP contribution in [0, 0.1) is 0 Å². The van der Waals surface area contributed by atoms with Crippen LogP contribution in [0.5, 0.6) is 11.5 Å². The van der Waals surface area contributed by atoms with Crippen molar-refractivity contribution in [2.75, 3.05) is 18.1 Å². The molecule has 0 bridgehead atoms. The van der Waals surface area contributed by atoms with E-state index in [1.165, 1.54) is 10.6 Å². The van der Waals surface area contributed by atoms with Gasteiger partial charge >= 0.3 is 0 Å². The largest absolute Gasteiger partial charge is 0.457 e. The zero-order valence-electron chi connectivity index (χ0n) is 15.9. The van der Waals surface area contributed by atoms with E-state index in [1.807, 2.05) is 44.2 Å². The molecule has 0 aliphatic heterocycles. The summed E-state index contributed by atoms with van der Waals surface area (Å²) in [6.45, 7) is 3.92. The van der Waals surface area contributed by atoms with Crippen LogP contribution in [0.4, 0.5) is 5.69 Å². The molecule has 1 atom stereocenters. The van der Waals surface area contributed by atoms with E-state index in [4.69, 9.17) is 4.74 Å². The lowest BCUT2D eigenvalue weighted by molar-refractivity contribution is -0.116. The van der Waals surface area contributed by atoms with Gasteiger partial charge in [-0.2, -0.15) is 4.31 Å². The summed E-state index contributed by atoms with van der Waals surface area (Å²) in [4.78, 5) is 12.2. The smallest absolute Gasteiger partial charge is 0.225 e. The lowest BCUT2D eigenvalue weighted by Crippen LogP contribution is -2.39. The summed E-state index contributed by atoms with van der Waals surface area (Å²) in [5.74, 6) is 1.17. The van der Waals surface area contributed by atoms with Gasteiger partial charge in [-0.1, -0.05) is 25.1 Å². The molecule has 1 unspecified atom stereocenters. The number of carbonyl (C=O) groups is 1. The number of nitrogens with zero attached hydrogens (tertiary/aromatic N) is 1. The molecule has 0 heterocycles. The van der Waals surface area contributed by atoms with Crippen molar-refractivity contribution < 1.29 is 17.9 Å². The van der Waals surface area contributed by atoms with Gasteiger partial charge in [0.2, 0.25) is 15.9 Å². The van der Waals surface area contributed by atoms with Crippen molar-refractivity contribution in [1.82, 2.24) is 4.31 Å². The van der Waals surface area contributed by atoms with Crippen LogP contribution < -0.4 is 10.1 Å². The maximum atomic E-state index is 12.2. The van der Waals surface area contributed by atoms with Gasteiger partial charge in [-0.15, -0.1) is 0 Å². The molecule has 0 radical (unpaired) electrons. The Bertz CT molecular complexity index is 836. The number of hydrogen-bond acceptors (Lipinski definition) is 4. The number of rotatable bonds is 9. The highest BCUT2D eigenvalue weighted by Gasteiger charge is 2.22. The van der Waals surface area contributed by atoms with E-state index in [2.05, 4.69) is 5.32 Å². The van der Waals surface area contributed by atoms with E-state index in [0.29, 0.717) is 17.9 Å². The van der Waals surface area contributed by atoms with Crippen molar-refractivity contribution >= 4 is 21.6 Å². The Balaban J connectivity index is 1.90. The minimum absolute atomic E-state index is 0.0969. The van der Waals surface area contributed by atoms with Crippen molar-refractivity contribution in [3.05, 3.63) is 54.6 Å². The molecule has 0 aliphatic rings. The second kappa shape index (κ2) is 9.53. The van der Waals surface area contributed by atoms with Crippen molar-refractivity contribution in [1.29, 1.82) is 0 Å². The summed E-state index contributed by atoms with van der Waals surface area (Å²) in [6, 6.07) is 16.3. The molecule has 1 amide bonds. The molecule has 0 fully saturated rings. The number of benzene rings is 2. The predicted molar refractivity (Wildman–Crippen MR) is 108 cm³/mol. The van der Waals surface area contributed by atoms with E-state index in [9.17, 15) is 13.2 Å². The fourth-order valence-corrected chi connectivity index (χ4v) is 3.81. The molecule has 0 saturated heterocycles. The Morgan fingerprint density at radius 1 is 1.07 bits per heavy atom. The molecule has 0 aromatic heterocycles. The molecule has 7 heteroatoms. The number of amides is 1. The molecule has 0 spiro atoms. The van der Waals surface area contributed by atoms with Gasteiger partial charge in [0.15, 0.2) is 0 Å². The molecule has 6 nitrogen and oxygen atoms in total. The summed E-state index contributed by atoms with van der Waals surface area (Å²) in [5.41, 5.74) is 0.634. The van der Waals surface area contributed by atoms with Gasteiger partial charge in [-0.05, 0) is 49.7 Å². The molecule has 0 aliphatic carbocycles. The van der Waals surface area contributed by atoms with Gasteiger partial charge in [0, 0.05) is 24.7 Å². The van der Waals surface area contributed by atoms with E-state index in [-0.39, 0.29) is 24.9 Å². The van der Waals surface area contributed by atoms with E-state index in [1.54, 1.807) is 24.3 Å². The van der Waals surface area contributed by atoms with Crippen molar-refractivity contribution in [3.63, 3.8) is 0 Å². The number of nitrogens with one attached hydrogen (secondary N) is 1. The van der Waals surface area contributed by atoms with Crippen LogP contribution in [0.2, 0.25) is 0 Å². The second-order valence-electron chi connectivity index (χ2n) is 6.37. The molecular weight excluding hydrogens is 364 g/mol. The van der Waals surface area contributed by atoms with Crippen LogP contribution >= 0.6 is 0 Å². The number of ether oxygens (including phenoxy) is 1. The van der Waals surface area contributed by atoms with Crippen LogP contribution in [0.1, 0.15) is 26.7 Å². The van der Waals surface area contributed by atoms with Gasteiger partial charge < -0.3 is 10.1 Å². The Morgan fingerprint density at radius 2 is 1.67 bits per heavy atom. The first-order valence-corrected chi connectivity index (χ1v) is 10.7. The third-order valence-corrected chi connectivity index (χ3v) is 5.58. The fourth-order valence-electron chi connectivity index (χ4n) is 2.58. The van der Waals surface area contributed by atoms with Gasteiger partial charge in [-0.25, -0.2) is 8.42 Å². The van der Waals surface area contributed by atoms with Crippen LogP contribution in [-0.4, -0.2) is 37.5 Å². The highest BCUT2D eigenvalue weighted by molar-refractivity contribution is 7.88. The first kappa shape index (κ1) is 20.9.